The summed E-state index contributed by atoms with van der Waals surface area (Å²) in [5, 5.41) is 2.55. The van der Waals surface area contributed by atoms with Crippen LogP contribution in [-0.2, 0) is 6.42 Å². The van der Waals surface area contributed by atoms with Gasteiger partial charge in [0, 0.05) is 18.2 Å². The van der Waals surface area contributed by atoms with E-state index in [1.165, 1.54) is 24.3 Å². The fourth-order valence-corrected chi connectivity index (χ4v) is 1.77. The molecule has 1 amide bonds. The van der Waals surface area contributed by atoms with Crippen LogP contribution in [0, 0.1) is 17.5 Å². The van der Waals surface area contributed by atoms with E-state index in [9.17, 15) is 18.0 Å². The molecule has 0 unspecified atom stereocenters. The third-order valence-corrected chi connectivity index (χ3v) is 2.78. The molecule has 2 rings (SSSR count). The second kappa shape index (κ2) is 6.23. The Morgan fingerprint density at radius 3 is 2.45 bits per heavy atom. The Morgan fingerprint density at radius 2 is 1.75 bits per heavy atom. The molecule has 104 valence electrons. The molecular formula is C15H12F3NO. The second-order valence-corrected chi connectivity index (χ2v) is 4.25. The van der Waals surface area contributed by atoms with Gasteiger partial charge in [-0.1, -0.05) is 12.1 Å². The van der Waals surface area contributed by atoms with E-state index in [1.54, 1.807) is 0 Å². The van der Waals surface area contributed by atoms with Crippen molar-refractivity contribution < 1.29 is 18.0 Å². The number of carbonyl (C=O) groups excluding carboxylic acids is 1. The van der Waals surface area contributed by atoms with Crippen molar-refractivity contribution in [3.8, 4) is 0 Å². The second-order valence-electron chi connectivity index (χ2n) is 4.25. The molecule has 20 heavy (non-hydrogen) atoms. The number of rotatable bonds is 4. The van der Waals surface area contributed by atoms with E-state index >= 15 is 0 Å². The number of hydrogen-bond donors (Lipinski definition) is 1. The lowest BCUT2D eigenvalue weighted by Gasteiger charge is -2.06. The van der Waals surface area contributed by atoms with Gasteiger partial charge in [0.2, 0.25) is 0 Å². The van der Waals surface area contributed by atoms with E-state index in [4.69, 9.17) is 0 Å². The van der Waals surface area contributed by atoms with Crippen LogP contribution in [0.3, 0.4) is 0 Å². The first-order chi connectivity index (χ1) is 9.56. The van der Waals surface area contributed by atoms with Gasteiger partial charge in [-0.05, 0) is 36.2 Å². The highest BCUT2D eigenvalue weighted by atomic mass is 19.1. The molecule has 0 saturated carbocycles. The number of halogens is 3. The van der Waals surface area contributed by atoms with E-state index in [-0.39, 0.29) is 18.5 Å². The quantitative estimate of drug-likeness (QED) is 0.915. The molecule has 0 aliphatic carbocycles. The number of benzene rings is 2. The molecule has 0 bridgehead atoms. The molecule has 1 N–H and O–H groups in total. The van der Waals surface area contributed by atoms with E-state index in [1.807, 2.05) is 0 Å². The van der Waals surface area contributed by atoms with Gasteiger partial charge in [-0.2, -0.15) is 0 Å². The first kappa shape index (κ1) is 14.1. The molecule has 5 heteroatoms. The van der Waals surface area contributed by atoms with Crippen molar-refractivity contribution >= 4 is 5.91 Å². The van der Waals surface area contributed by atoms with Gasteiger partial charge in [-0.15, -0.1) is 0 Å². The highest BCUT2D eigenvalue weighted by Crippen LogP contribution is 2.10. The van der Waals surface area contributed by atoms with Crippen LogP contribution < -0.4 is 5.32 Å². The predicted octanol–water partition coefficient (Wildman–Crippen LogP) is 3.08. The molecule has 0 atom stereocenters. The van der Waals surface area contributed by atoms with Crippen molar-refractivity contribution in [2.75, 3.05) is 6.54 Å². The van der Waals surface area contributed by atoms with Crippen molar-refractivity contribution in [2.45, 2.75) is 6.42 Å². The Kier molecular flexibility index (Phi) is 4.40. The summed E-state index contributed by atoms with van der Waals surface area (Å²) in [5.41, 5.74) is 0.510. The molecular weight excluding hydrogens is 267 g/mol. The minimum absolute atomic E-state index is 0.178. The fraction of sp³-hybridized carbons (Fsp3) is 0.133. The summed E-state index contributed by atoms with van der Waals surface area (Å²) in [7, 11) is 0. The van der Waals surface area contributed by atoms with Gasteiger partial charge in [0.25, 0.3) is 5.91 Å². The average molecular weight is 279 g/mol. The molecule has 0 saturated heterocycles. The van der Waals surface area contributed by atoms with Gasteiger partial charge in [-0.25, -0.2) is 13.2 Å². The zero-order valence-electron chi connectivity index (χ0n) is 10.5. The minimum Gasteiger partial charge on any atom is -0.352 e. The van der Waals surface area contributed by atoms with Crippen LogP contribution in [0.2, 0.25) is 0 Å². The molecule has 0 aliphatic heterocycles. The lowest BCUT2D eigenvalue weighted by molar-refractivity contribution is 0.0953. The molecule has 2 aromatic rings. The number of hydrogen-bond acceptors (Lipinski definition) is 1. The summed E-state index contributed by atoms with van der Waals surface area (Å²) < 4.78 is 39.0. The Morgan fingerprint density at radius 1 is 1.00 bits per heavy atom. The van der Waals surface area contributed by atoms with Gasteiger partial charge in [0.15, 0.2) is 0 Å². The molecule has 0 spiro atoms. The summed E-state index contributed by atoms with van der Waals surface area (Å²) in [5.74, 6) is -2.23. The van der Waals surface area contributed by atoms with Crippen LogP contribution >= 0.6 is 0 Å². The maximum absolute atomic E-state index is 13.3. The molecule has 0 fully saturated rings. The van der Waals surface area contributed by atoms with Crippen molar-refractivity contribution in [3.63, 3.8) is 0 Å². The van der Waals surface area contributed by atoms with Gasteiger partial charge in [0.05, 0.1) is 0 Å². The van der Waals surface area contributed by atoms with Gasteiger partial charge in [0.1, 0.15) is 17.5 Å². The van der Waals surface area contributed by atoms with E-state index in [0.717, 1.165) is 18.2 Å². The number of nitrogens with one attached hydrogen (secondary N) is 1. The Labute approximate surface area is 114 Å². The van der Waals surface area contributed by atoms with Crippen LogP contribution in [0.25, 0.3) is 0 Å². The zero-order chi connectivity index (χ0) is 14.5. The van der Waals surface area contributed by atoms with E-state index < -0.39 is 23.4 Å². The molecule has 0 aromatic heterocycles. The van der Waals surface area contributed by atoms with Crippen LogP contribution in [-0.4, -0.2) is 12.5 Å². The van der Waals surface area contributed by atoms with E-state index in [0.29, 0.717) is 5.56 Å². The van der Waals surface area contributed by atoms with Gasteiger partial charge in [-0.3, -0.25) is 4.79 Å². The smallest absolute Gasteiger partial charge is 0.251 e. The fourth-order valence-electron chi connectivity index (χ4n) is 1.77. The molecule has 2 nitrogen and oxygen atoms in total. The Balaban J connectivity index is 1.91. The first-order valence-corrected chi connectivity index (χ1v) is 6.04. The Bertz CT molecular complexity index is 628. The summed E-state index contributed by atoms with van der Waals surface area (Å²) in [6.07, 6.45) is 0.229. The van der Waals surface area contributed by atoms with Crippen molar-refractivity contribution in [1.29, 1.82) is 0 Å². The summed E-state index contributed by atoms with van der Waals surface area (Å²) in [4.78, 5) is 11.7. The molecule has 0 aliphatic rings. The van der Waals surface area contributed by atoms with Crippen molar-refractivity contribution in [1.82, 2.24) is 5.32 Å². The Hall–Kier alpha value is -2.30. The predicted molar refractivity (Wildman–Crippen MR) is 68.8 cm³/mol. The summed E-state index contributed by atoms with van der Waals surface area (Å²) >= 11 is 0. The van der Waals surface area contributed by atoms with E-state index in [2.05, 4.69) is 5.32 Å². The van der Waals surface area contributed by atoms with Gasteiger partial charge >= 0.3 is 0 Å². The third-order valence-electron chi connectivity index (χ3n) is 2.78. The number of carbonyl (C=O) groups is 1. The summed E-state index contributed by atoms with van der Waals surface area (Å²) in [6.45, 7) is 0.178. The highest BCUT2D eigenvalue weighted by Gasteiger charge is 2.07. The maximum atomic E-state index is 13.3. The topological polar surface area (TPSA) is 29.1 Å². The highest BCUT2D eigenvalue weighted by molar-refractivity contribution is 5.94. The first-order valence-electron chi connectivity index (χ1n) is 6.04. The zero-order valence-corrected chi connectivity index (χ0v) is 10.5. The standard InChI is InChI=1S/C15H12F3NO/c16-12-3-1-2-11(8-12)15(20)19-7-6-10-4-5-13(17)9-14(10)18/h1-5,8-9H,6-7H2,(H,19,20). The molecule has 0 heterocycles. The minimum atomic E-state index is -0.648. The molecule has 0 radical (unpaired) electrons. The van der Waals surface area contributed by atoms with Crippen molar-refractivity contribution in [3.05, 3.63) is 71.0 Å². The van der Waals surface area contributed by atoms with Crippen LogP contribution in [0.15, 0.2) is 42.5 Å². The average Bonchev–Trinajstić information content (AvgIpc) is 2.41. The van der Waals surface area contributed by atoms with Crippen LogP contribution in [0.5, 0.6) is 0 Å². The normalized spacial score (nSPS) is 10.3. The lowest BCUT2D eigenvalue weighted by Crippen LogP contribution is -2.26. The number of amides is 1. The third kappa shape index (κ3) is 3.60. The maximum Gasteiger partial charge on any atom is 0.251 e. The van der Waals surface area contributed by atoms with Crippen molar-refractivity contribution in [2.24, 2.45) is 0 Å². The van der Waals surface area contributed by atoms with Crippen LogP contribution in [0.1, 0.15) is 15.9 Å². The largest absolute Gasteiger partial charge is 0.352 e. The van der Waals surface area contributed by atoms with Gasteiger partial charge < -0.3 is 5.32 Å². The summed E-state index contributed by atoms with van der Waals surface area (Å²) in [6, 6.07) is 8.56. The SMILES string of the molecule is O=C(NCCc1ccc(F)cc1F)c1cccc(F)c1. The monoisotopic (exact) mass is 279 g/mol. The molecule has 2 aromatic carbocycles. The lowest BCUT2D eigenvalue weighted by atomic mass is 10.1. The van der Waals surface area contributed by atoms with Crippen LogP contribution in [0.4, 0.5) is 13.2 Å².